The van der Waals surface area contributed by atoms with Crippen LogP contribution in [0.15, 0.2) is 23.1 Å². The summed E-state index contributed by atoms with van der Waals surface area (Å²) < 4.78 is 38.1. The number of benzene rings is 1. The average molecular weight is 339 g/mol. The number of methoxy groups -OCH3 is 2. The summed E-state index contributed by atoms with van der Waals surface area (Å²) in [5.74, 6) is 0.150. The molecule has 23 heavy (non-hydrogen) atoms. The molecule has 2 N–H and O–H groups in total. The molecule has 8 heteroatoms. The van der Waals surface area contributed by atoms with E-state index in [9.17, 15) is 8.42 Å². The van der Waals surface area contributed by atoms with Crippen LogP contribution >= 0.6 is 0 Å². The van der Waals surface area contributed by atoms with Crippen LogP contribution in [0.4, 0.5) is 0 Å². The third-order valence-corrected chi connectivity index (χ3v) is 5.38. The maximum absolute atomic E-state index is 12.6. The molecule has 0 bridgehead atoms. The Balaban J connectivity index is 2.20. The molecule has 0 radical (unpaired) electrons. The zero-order valence-corrected chi connectivity index (χ0v) is 14.1. The van der Waals surface area contributed by atoms with Gasteiger partial charge >= 0.3 is 0 Å². The highest BCUT2D eigenvalue weighted by molar-refractivity contribution is 7.89. The molecule has 1 atom stereocenters. The topological polar surface area (TPSA) is 100 Å². The normalized spacial score (nSPS) is 21.1. The Morgan fingerprint density at radius 3 is 2.78 bits per heavy atom. The van der Waals surface area contributed by atoms with E-state index in [1.807, 2.05) is 6.07 Å². The van der Waals surface area contributed by atoms with Gasteiger partial charge in [-0.15, -0.1) is 0 Å². The number of nitrogens with zero attached hydrogens (tertiary/aromatic N) is 1. The number of nitrogens with one attached hydrogen (secondary N) is 2. The van der Waals surface area contributed by atoms with E-state index in [4.69, 9.17) is 14.7 Å². The van der Waals surface area contributed by atoms with Gasteiger partial charge in [0.05, 0.1) is 30.9 Å². The van der Waals surface area contributed by atoms with E-state index in [1.165, 1.54) is 25.3 Å². The maximum Gasteiger partial charge on any atom is 0.244 e. The summed E-state index contributed by atoms with van der Waals surface area (Å²) in [6.07, 6.45) is 1.82. The van der Waals surface area contributed by atoms with Crippen LogP contribution in [0.5, 0.6) is 5.75 Å². The molecular weight excluding hydrogens is 318 g/mol. The van der Waals surface area contributed by atoms with Crippen molar-refractivity contribution in [1.82, 2.24) is 10.0 Å². The van der Waals surface area contributed by atoms with Gasteiger partial charge in [-0.25, -0.2) is 13.1 Å². The Labute approximate surface area is 136 Å². The third-order valence-electron chi connectivity index (χ3n) is 3.94. The van der Waals surface area contributed by atoms with Gasteiger partial charge in [0.25, 0.3) is 0 Å². The lowest BCUT2D eigenvalue weighted by atomic mass is 9.99. The van der Waals surface area contributed by atoms with Crippen molar-refractivity contribution in [3.63, 3.8) is 0 Å². The van der Waals surface area contributed by atoms with Gasteiger partial charge in [0, 0.05) is 13.7 Å². The van der Waals surface area contributed by atoms with Gasteiger partial charge in [-0.3, -0.25) is 0 Å². The molecule has 0 aromatic heterocycles. The van der Waals surface area contributed by atoms with Crippen molar-refractivity contribution in [2.45, 2.75) is 23.3 Å². The van der Waals surface area contributed by atoms with Gasteiger partial charge in [0.2, 0.25) is 10.0 Å². The minimum Gasteiger partial charge on any atom is -0.495 e. The Morgan fingerprint density at radius 1 is 1.43 bits per heavy atom. The van der Waals surface area contributed by atoms with Gasteiger partial charge in [-0.1, -0.05) is 0 Å². The molecule has 126 valence electrons. The van der Waals surface area contributed by atoms with Crippen molar-refractivity contribution in [1.29, 1.82) is 5.26 Å². The lowest BCUT2D eigenvalue weighted by Crippen LogP contribution is -2.52. The van der Waals surface area contributed by atoms with Gasteiger partial charge in [0.15, 0.2) is 0 Å². The van der Waals surface area contributed by atoms with E-state index in [1.54, 1.807) is 7.11 Å². The minimum atomic E-state index is -3.75. The summed E-state index contributed by atoms with van der Waals surface area (Å²) >= 11 is 0. The molecule has 0 spiro atoms. The second kappa shape index (κ2) is 7.27. The van der Waals surface area contributed by atoms with Crippen molar-refractivity contribution >= 4 is 10.0 Å². The van der Waals surface area contributed by atoms with Crippen molar-refractivity contribution in [2.75, 3.05) is 33.9 Å². The molecule has 1 unspecified atom stereocenters. The summed E-state index contributed by atoms with van der Waals surface area (Å²) in [6.45, 7) is 1.50. The van der Waals surface area contributed by atoms with E-state index in [0.717, 1.165) is 19.4 Å². The molecule has 1 aromatic carbocycles. The predicted molar refractivity (Wildman–Crippen MR) is 84.7 cm³/mol. The second-order valence-electron chi connectivity index (χ2n) is 5.55. The van der Waals surface area contributed by atoms with Crippen LogP contribution in [-0.2, 0) is 14.8 Å². The smallest absolute Gasteiger partial charge is 0.244 e. The molecule has 1 heterocycles. The molecule has 0 saturated carbocycles. The highest BCUT2D eigenvalue weighted by Gasteiger charge is 2.35. The fourth-order valence-corrected chi connectivity index (χ4v) is 4.02. The Hall–Kier alpha value is -1.66. The first-order valence-corrected chi connectivity index (χ1v) is 8.76. The Bertz CT molecular complexity index is 691. The molecule has 1 aliphatic heterocycles. The molecule has 0 aliphatic carbocycles. The molecule has 2 rings (SSSR count). The number of hydrogen-bond acceptors (Lipinski definition) is 6. The number of sulfonamides is 1. The molecule has 1 aromatic rings. The third kappa shape index (κ3) is 4.00. The fourth-order valence-electron chi connectivity index (χ4n) is 2.74. The first kappa shape index (κ1) is 17.7. The van der Waals surface area contributed by atoms with Crippen LogP contribution in [0.2, 0.25) is 0 Å². The van der Waals surface area contributed by atoms with E-state index in [0.29, 0.717) is 12.2 Å². The zero-order valence-electron chi connectivity index (χ0n) is 13.3. The van der Waals surface area contributed by atoms with Crippen LogP contribution in [-0.4, -0.2) is 47.9 Å². The van der Waals surface area contributed by atoms with E-state index in [-0.39, 0.29) is 22.7 Å². The maximum atomic E-state index is 12.6. The Morgan fingerprint density at radius 2 is 2.22 bits per heavy atom. The van der Waals surface area contributed by atoms with Crippen LogP contribution in [0.3, 0.4) is 0 Å². The van der Waals surface area contributed by atoms with Crippen molar-refractivity contribution in [3.8, 4) is 11.8 Å². The molecule has 1 fully saturated rings. The van der Waals surface area contributed by atoms with Gasteiger partial charge in [-0.2, -0.15) is 5.26 Å². The van der Waals surface area contributed by atoms with Crippen LogP contribution in [0, 0.1) is 11.3 Å². The minimum absolute atomic E-state index is 0.0181. The molecule has 1 aliphatic rings. The van der Waals surface area contributed by atoms with Crippen LogP contribution < -0.4 is 14.8 Å². The number of ether oxygens (including phenoxy) is 2. The van der Waals surface area contributed by atoms with Gasteiger partial charge in [-0.05, 0) is 37.6 Å². The van der Waals surface area contributed by atoms with Crippen LogP contribution in [0.25, 0.3) is 0 Å². The first-order valence-electron chi connectivity index (χ1n) is 7.28. The van der Waals surface area contributed by atoms with Crippen molar-refractivity contribution in [3.05, 3.63) is 23.8 Å². The van der Waals surface area contributed by atoms with Crippen LogP contribution in [0.1, 0.15) is 18.4 Å². The monoisotopic (exact) mass is 339 g/mol. The molecule has 7 nitrogen and oxygen atoms in total. The predicted octanol–water partition coefficient (Wildman–Crippen LogP) is 0.614. The summed E-state index contributed by atoms with van der Waals surface area (Å²) in [5.41, 5.74) is -0.0455. The largest absolute Gasteiger partial charge is 0.495 e. The van der Waals surface area contributed by atoms with E-state index < -0.39 is 10.0 Å². The summed E-state index contributed by atoms with van der Waals surface area (Å²) in [7, 11) is -0.779. The SMILES string of the molecule is COCC1(CNS(=O)(=O)c2ccc(C#N)cc2OC)CCCN1. The fraction of sp³-hybridized carbons (Fsp3) is 0.533. The number of hydrogen-bond donors (Lipinski definition) is 2. The van der Waals surface area contributed by atoms with Gasteiger partial charge < -0.3 is 14.8 Å². The van der Waals surface area contributed by atoms with E-state index >= 15 is 0 Å². The van der Waals surface area contributed by atoms with Crippen molar-refractivity contribution < 1.29 is 17.9 Å². The molecular formula is C15H21N3O4S. The number of nitriles is 1. The lowest BCUT2D eigenvalue weighted by molar-refractivity contribution is 0.122. The molecule has 0 amide bonds. The summed E-state index contributed by atoms with van der Waals surface area (Å²) in [6, 6.07) is 6.20. The quantitative estimate of drug-likeness (QED) is 0.755. The highest BCUT2D eigenvalue weighted by atomic mass is 32.2. The standard InChI is InChI=1S/C15H21N3O4S/c1-21-11-15(6-3-7-17-15)10-18-23(19,20)14-5-4-12(9-16)8-13(14)22-2/h4-5,8,17-18H,3,6-7,10-11H2,1-2H3. The summed E-state index contributed by atoms with van der Waals surface area (Å²) in [5, 5.41) is 12.2. The molecule has 1 saturated heterocycles. The van der Waals surface area contributed by atoms with E-state index in [2.05, 4.69) is 10.0 Å². The Kier molecular flexibility index (Phi) is 5.59. The lowest BCUT2D eigenvalue weighted by Gasteiger charge is -2.29. The zero-order chi connectivity index (χ0) is 16.9. The van der Waals surface area contributed by atoms with Crippen molar-refractivity contribution in [2.24, 2.45) is 0 Å². The highest BCUT2D eigenvalue weighted by Crippen LogP contribution is 2.26. The number of rotatable bonds is 7. The average Bonchev–Trinajstić information content (AvgIpc) is 3.02. The first-order chi connectivity index (χ1) is 11.0. The second-order valence-corrected chi connectivity index (χ2v) is 7.28. The summed E-state index contributed by atoms with van der Waals surface area (Å²) in [4.78, 5) is 0.0181. The van der Waals surface area contributed by atoms with Gasteiger partial charge in [0.1, 0.15) is 10.6 Å².